The first-order valence-corrected chi connectivity index (χ1v) is 5.01. The summed E-state index contributed by atoms with van der Waals surface area (Å²) in [6.45, 7) is 4.57. The van der Waals surface area contributed by atoms with Gasteiger partial charge in [-0.2, -0.15) is 0 Å². The normalized spacial score (nSPS) is 16.7. The van der Waals surface area contributed by atoms with Crippen LogP contribution in [0.4, 0.5) is 5.82 Å². The van der Waals surface area contributed by atoms with Crippen molar-refractivity contribution in [1.82, 2.24) is 4.98 Å². The summed E-state index contributed by atoms with van der Waals surface area (Å²) in [4.78, 5) is 15.4. The third-order valence-electron chi connectivity index (χ3n) is 2.32. The molecule has 0 aromatic carbocycles. The quantitative estimate of drug-likeness (QED) is 0.729. The summed E-state index contributed by atoms with van der Waals surface area (Å²) >= 11 is 0. The lowest BCUT2D eigenvalue weighted by Crippen LogP contribution is -2.41. The third-order valence-corrected chi connectivity index (χ3v) is 2.32. The number of pyridine rings is 1. The molecule has 2 heterocycles. The zero-order valence-corrected chi connectivity index (χ0v) is 9.53. The van der Waals surface area contributed by atoms with E-state index >= 15 is 0 Å². The van der Waals surface area contributed by atoms with Crippen molar-refractivity contribution in [1.29, 1.82) is 0 Å². The first kappa shape index (κ1) is 10.7. The second-order valence-corrected chi connectivity index (χ2v) is 4.36. The topological polar surface area (TPSA) is 60.5 Å². The lowest BCUT2D eigenvalue weighted by molar-refractivity contribution is 0.0599. The van der Waals surface area contributed by atoms with E-state index < -0.39 is 5.97 Å². The average Bonchev–Trinajstić information content (AvgIpc) is 2.26. The maximum absolute atomic E-state index is 11.3. The van der Waals surface area contributed by atoms with E-state index in [2.05, 4.69) is 15.0 Å². The number of esters is 1. The summed E-state index contributed by atoms with van der Waals surface area (Å²) in [6.07, 6.45) is 1.47. The zero-order valence-electron chi connectivity index (χ0n) is 9.53. The van der Waals surface area contributed by atoms with Crippen molar-refractivity contribution in [2.45, 2.75) is 19.4 Å². The van der Waals surface area contributed by atoms with Gasteiger partial charge in [0.1, 0.15) is 6.61 Å². The van der Waals surface area contributed by atoms with Gasteiger partial charge < -0.3 is 14.8 Å². The monoisotopic (exact) mass is 222 g/mol. The van der Waals surface area contributed by atoms with E-state index in [0.717, 1.165) is 0 Å². The van der Waals surface area contributed by atoms with Crippen LogP contribution in [0.1, 0.15) is 24.2 Å². The van der Waals surface area contributed by atoms with Gasteiger partial charge in [0, 0.05) is 12.3 Å². The Morgan fingerprint density at radius 2 is 2.38 bits per heavy atom. The number of hydrogen-bond donors (Lipinski definition) is 1. The predicted molar refractivity (Wildman–Crippen MR) is 58.8 cm³/mol. The van der Waals surface area contributed by atoms with Crippen molar-refractivity contribution in [3.05, 3.63) is 17.8 Å². The number of carbonyl (C=O) groups is 1. The van der Waals surface area contributed by atoms with Crippen molar-refractivity contribution in [2.75, 3.05) is 19.0 Å². The van der Waals surface area contributed by atoms with E-state index in [1.165, 1.54) is 13.3 Å². The molecular formula is C11H14N2O3. The molecule has 1 aliphatic heterocycles. The SMILES string of the molecule is COC(=O)c1cnc2c(c1)OCC(C)(C)N2. The summed E-state index contributed by atoms with van der Waals surface area (Å²) in [5.74, 6) is 0.829. The van der Waals surface area contributed by atoms with Crippen LogP contribution < -0.4 is 10.1 Å². The fraction of sp³-hybridized carbons (Fsp3) is 0.455. The van der Waals surface area contributed by atoms with Crippen molar-refractivity contribution in [3.63, 3.8) is 0 Å². The third kappa shape index (κ3) is 1.93. The molecule has 1 N–H and O–H groups in total. The molecule has 5 nitrogen and oxygen atoms in total. The van der Waals surface area contributed by atoms with Crippen molar-refractivity contribution < 1.29 is 14.3 Å². The van der Waals surface area contributed by atoms with E-state index in [-0.39, 0.29) is 5.54 Å². The van der Waals surface area contributed by atoms with E-state index in [1.807, 2.05) is 13.8 Å². The van der Waals surface area contributed by atoms with Gasteiger partial charge in [0.15, 0.2) is 11.6 Å². The van der Waals surface area contributed by atoms with Crippen molar-refractivity contribution >= 4 is 11.8 Å². The van der Waals surface area contributed by atoms with Crippen LogP contribution in [0, 0.1) is 0 Å². The largest absolute Gasteiger partial charge is 0.487 e. The molecule has 0 aliphatic carbocycles. The molecule has 1 aromatic rings. The second-order valence-electron chi connectivity index (χ2n) is 4.36. The maximum atomic E-state index is 11.3. The Bertz CT molecular complexity index is 429. The first-order valence-electron chi connectivity index (χ1n) is 5.01. The summed E-state index contributed by atoms with van der Waals surface area (Å²) in [7, 11) is 1.34. The number of nitrogens with zero attached hydrogens (tertiary/aromatic N) is 1. The lowest BCUT2D eigenvalue weighted by Gasteiger charge is -2.32. The second kappa shape index (κ2) is 3.66. The molecule has 86 valence electrons. The van der Waals surface area contributed by atoms with Crippen LogP contribution in [0.5, 0.6) is 5.75 Å². The minimum absolute atomic E-state index is 0.146. The molecule has 0 amide bonds. The van der Waals surface area contributed by atoms with Gasteiger partial charge in [-0.15, -0.1) is 0 Å². The molecule has 0 saturated carbocycles. The number of anilines is 1. The standard InChI is InChI=1S/C11H14N2O3/c1-11(2)6-16-8-4-7(10(14)15-3)5-12-9(8)13-11/h4-5H,6H2,1-3H3,(H,12,13). The van der Waals surface area contributed by atoms with Gasteiger partial charge in [-0.05, 0) is 13.8 Å². The van der Waals surface area contributed by atoms with Gasteiger partial charge in [0.05, 0.1) is 18.2 Å². The van der Waals surface area contributed by atoms with Gasteiger partial charge in [-0.25, -0.2) is 9.78 Å². The number of hydrogen-bond acceptors (Lipinski definition) is 5. The summed E-state index contributed by atoms with van der Waals surface area (Å²) in [6, 6.07) is 1.64. The number of ether oxygens (including phenoxy) is 2. The van der Waals surface area contributed by atoms with Gasteiger partial charge in [-0.1, -0.05) is 0 Å². The average molecular weight is 222 g/mol. The molecule has 0 atom stereocenters. The summed E-state index contributed by atoms with van der Waals surface area (Å²) in [5.41, 5.74) is 0.245. The molecule has 0 unspecified atom stereocenters. The molecule has 5 heteroatoms. The van der Waals surface area contributed by atoms with Crippen LogP contribution >= 0.6 is 0 Å². The number of fused-ring (bicyclic) bond motifs is 1. The molecule has 0 radical (unpaired) electrons. The van der Waals surface area contributed by atoms with Crippen molar-refractivity contribution in [3.8, 4) is 5.75 Å². The predicted octanol–water partition coefficient (Wildman–Crippen LogP) is 1.45. The molecule has 0 spiro atoms. The number of rotatable bonds is 1. The Balaban J connectivity index is 2.32. The highest BCUT2D eigenvalue weighted by Gasteiger charge is 2.27. The van der Waals surface area contributed by atoms with Gasteiger partial charge >= 0.3 is 5.97 Å². The Kier molecular flexibility index (Phi) is 2.46. The highest BCUT2D eigenvalue weighted by atomic mass is 16.5. The number of carbonyl (C=O) groups excluding carboxylic acids is 1. The number of aromatic nitrogens is 1. The zero-order chi connectivity index (χ0) is 11.8. The van der Waals surface area contributed by atoms with Gasteiger partial charge in [-0.3, -0.25) is 0 Å². The maximum Gasteiger partial charge on any atom is 0.339 e. The van der Waals surface area contributed by atoms with Crippen LogP contribution in [0.25, 0.3) is 0 Å². The van der Waals surface area contributed by atoms with E-state index in [4.69, 9.17) is 4.74 Å². The minimum atomic E-state index is -0.413. The Morgan fingerprint density at radius 1 is 1.62 bits per heavy atom. The first-order chi connectivity index (χ1) is 7.52. The molecule has 0 saturated heterocycles. The minimum Gasteiger partial charge on any atom is -0.487 e. The number of nitrogens with one attached hydrogen (secondary N) is 1. The van der Waals surface area contributed by atoms with Gasteiger partial charge in [0.25, 0.3) is 0 Å². The Morgan fingerprint density at radius 3 is 3.06 bits per heavy atom. The molecule has 0 bridgehead atoms. The van der Waals surface area contributed by atoms with Crippen LogP contribution in [-0.2, 0) is 4.74 Å². The van der Waals surface area contributed by atoms with Crippen molar-refractivity contribution in [2.24, 2.45) is 0 Å². The van der Waals surface area contributed by atoms with E-state index in [9.17, 15) is 4.79 Å². The van der Waals surface area contributed by atoms with Crippen LogP contribution in [0.2, 0.25) is 0 Å². The van der Waals surface area contributed by atoms with E-state index in [1.54, 1.807) is 6.07 Å². The molecule has 16 heavy (non-hydrogen) atoms. The highest BCUT2D eigenvalue weighted by molar-refractivity contribution is 5.90. The molecular weight excluding hydrogens is 208 g/mol. The number of methoxy groups -OCH3 is 1. The fourth-order valence-electron chi connectivity index (χ4n) is 1.49. The smallest absolute Gasteiger partial charge is 0.339 e. The summed E-state index contributed by atoms with van der Waals surface area (Å²) in [5, 5.41) is 3.23. The molecule has 2 rings (SSSR count). The highest BCUT2D eigenvalue weighted by Crippen LogP contribution is 2.30. The van der Waals surface area contributed by atoms with Crippen LogP contribution in [0.3, 0.4) is 0 Å². The van der Waals surface area contributed by atoms with Gasteiger partial charge in [0.2, 0.25) is 0 Å². The molecule has 1 aliphatic rings. The summed E-state index contributed by atoms with van der Waals surface area (Å²) < 4.78 is 10.2. The van der Waals surface area contributed by atoms with E-state index in [0.29, 0.717) is 23.7 Å². The molecule has 0 fully saturated rings. The Hall–Kier alpha value is -1.78. The molecule has 1 aromatic heterocycles. The van der Waals surface area contributed by atoms with Crippen LogP contribution in [-0.4, -0.2) is 30.2 Å². The lowest BCUT2D eigenvalue weighted by atomic mass is 10.1. The fourth-order valence-corrected chi connectivity index (χ4v) is 1.49. The van der Waals surface area contributed by atoms with Crippen LogP contribution in [0.15, 0.2) is 12.3 Å². The Labute approximate surface area is 93.8 Å².